The molecule has 4 rings (SSSR count). The van der Waals surface area contributed by atoms with Crippen molar-refractivity contribution in [3.05, 3.63) is 96.3 Å². The zero-order valence-electron chi connectivity index (χ0n) is 17.5. The van der Waals surface area contributed by atoms with Gasteiger partial charge in [-0.15, -0.1) is 0 Å². The Hall–Kier alpha value is -4.13. The topological polar surface area (TPSA) is 77.0 Å². The summed E-state index contributed by atoms with van der Waals surface area (Å²) in [5.41, 5.74) is 2.73. The van der Waals surface area contributed by atoms with E-state index in [0.29, 0.717) is 17.3 Å². The first-order chi connectivity index (χ1) is 15.6. The zero-order valence-corrected chi connectivity index (χ0v) is 17.5. The van der Waals surface area contributed by atoms with Gasteiger partial charge in [-0.1, -0.05) is 25.1 Å². The first-order valence-corrected chi connectivity index (χ1v) is 10.2. The van der Waals surface area contributed by atoms with Gasteiger partial charge >= 0.3 is 0 Å². The number of carbonyl (C=O) groups is 1. The molecule has 0 aliphatic rings. The Morgan fingerprint density at radius 3 is 2.62 bits per heavy atom. The lowest BCUT2D eigenvalue weighted by atomic mass is 10.1. The molecule has 32 heavy (non-hydrogen) atoms. The van der Waals surface area contributed by atoms with Gasteiger partial charge in [0.05, 0.1) is 17.7 Å². The first kappa shape index (κ1) is 21.1. The fourth-order valence-electron chi connectivity index (χ4n) is 3.13. The smallest absolute Gasteiger partial charge is 0.228 e. The number of pyridine rings is 1. The highest BCUT2D eigenvalue weighted by atomic mass is 19.1. The summed E-state index contributed by atoms with van der Waals surface area (Å²) in [4.78, 5) is 25.4. The molecule has 0 aliphatic carbocycles. The van der Waals surface area contributed by atoms with E-state index in [1.54, 1.807) is 36.7 Å². The molecule has 160 valence electrons. The van der Waals surface area contributed by atoms with Crippen LogP contribution in [-0.2, 0) is 17.6 Å². The second kappa shape index (κ2) is 9.78. The fourth-order valence-corrected chi connectivity index (χ4v) is 3.13. The van der Waals surface area contributed by atoms with Crippen LogP contribution in [0.1, 0.15) is 18.3 Å². The van der Waals surface area contributed by atoms with E-state index in [1.165, 1.54) is 12.1 Å². The monoisotopic (exact) mass is 428 g/mol. The molecule has 0 aliphatic heterocycles. The van der Waals surface area contributed by atoms with Gasteiger partial charge in [0.25, 0.3) is 0 Å². The van der Waals surface area contributed by atoms with Crippen LogP contribution >= 0.6 is 0 Å². The molecular weight excluding hydrogens is 407 g/mol. The van der Waals surface area contributed by atoms with Gasteiger partial charge in [0, 0.05) is 24.5 Å². The molecule has 2 heterocycles. The Labute approximate surface area is 185 Å². The van der Waals surface area contributed by atoms with Crippen LogP contribution in [0.3, 0.4) is 0 Å². The van der Waals surface area contributed by atoms with Crippen LogP contribution in [0.4, 0.5) is 10.1 Å². The van der Waals surface area contributed by atoms with E-state index in [9.17, 15) is 9.18 Å². The zero-order chi connectivity index (χ0) is 22.3. The van der Waals surface area contributed by atoms with Crippen LogP contribution in [0.15, 0.2) is 79.1 Å². The number of hydrogen-bond donors (Lipinski definition) is 1. The van der Waals surface area contributed by atoms with E-state index in [1.807, 2.05) is 37.3 Å². The van der Waals surface area contributed by atoms with E-state index >= 15 is 0 Å². The predicted octanol–water partition coefficient (Wildman–Crippen LogP) is 5.21. The second-order valence-corrected chi connectivity index (χ2v) is 7.05. The van der Waals surface area contributed by atoms with Gasteiger partial charge in [0.1, 0.15) is 17.4 Å². The molecular formula is C25H21FN4O2. The second-order valence-electron chi connectivity index (χ2n) is 7.05. The summed E-state index contributed by atoms with van der Waals surface area (Å²) < 4.78 is 19.3. The summed E-state index contributed by atoms with van der Waals surface area (Å²) >= 11 is 0. The van der Waals surface area contributed by atoms with Gasteiger partial charge < -0.3 is 10.1 Å². The lowest BCUT2D eigenvalue weighted by Gasteiger charge is -2.11. The average Bonchev–Trinajstić information content (AvgIpc) is 2.81. The molecule has 7 heteroatoms. The van der Waals surface area contributed by atoms with Crippen molar-refractivity contribution in [2.24, 2.45) is 0 Å². The summed E-state index contributed by atoms with van der Waals surface area (Å²) in [7, 11) is 0. The maximum Gasteiger partial charge on any atom is 0.228 e. The normalized spacial score (nSPS) is 10.6. The molecule has 0 radical (unpaired) electrons. The van der Waals surface area contributed by atoms with Crippen LogP contribution < -0.4 is 10.1 Å². The highest BCUT2D eigenvalue weighted by molar-refractivity contribution is 5.92. The molecule has 0 bridgehead atoms. The van der Waals surface area contributed by atoms with Crippen molar-refractivity contribution in [1.82, 2.24) is 15.0 Å². The van der Waals surface area contributed by atoms with Crippen LogP contribution in [-0.4, -0.2) is 20.9 Å². The predicted molar refractivity (Wildman–Crippen MR) is 120 cm³/mol. The lowest BCUT2D eigenvalue weighted by molar-refractivity contribution is -0.115. The van der Waals surface area contributed by atoms with Crippen LogP contribution in [0.25, 0.3) is 11.3 Å². The van der Waals surface area contributed by atoms with Crippen molar-refractivity contribution in [3.63, 3.8) is 0 Å². The molecule has 4 aromatic rings. The van der Waals surface area contributed by atoms with Gasteiger partial charge in [-0.05, 0) is 54.1 Å². The molecule has 1 amide bonds. The van der Waals surface area contributed by atoms with E-state index < -0.39 is 5.82 Å². The Morgan fingerprint density at radius 1 is 1.00 bits per heavy atom. The Balaban J connectivity index is 1.45. The molecule has 0 saturated carbocycles. The van der Waals surface area contributed by atoms with Crippen LogP contribution in [0, 0.1) is 5.82 Å². The Kier molecular flexibility index (Phi) is 6.46. The van der Waals surface area contributed by atoms with Crippen molar-refractivity contribution in [2.45, 2.75) is 19.8 Å². The molecule has 0 spiro atoms. The van der Waals surface area contributed by atoms with E-state index in [4.69, 9.17) is 4.74 Å². The van der Waals surface area contributed by atoms with Gasteiger partial charge in [0.2, 0.25) is 11.8 Å². The number of carbonyl (C=O) groups excluding carboxylic acids is 1. The minimum atomic E-state index is -0.397. The number of amides is 1. The first-order valence-electron chi connectivity index (χ1n) is 10.2. The molecule has 0 fully saturated rings. The minimum absolute atomic E-state index is 0.159. The van der Waals surface area contributed by atoms with Gasteiger partial charge in [0.15, 0.2) is 0 Å². The summed E-state index contributed by atoms with van der Waals surface area (Å²) in [6.45, 7) is 2.00. The van der Waals surface area contributed by atoms with Crippen LogP contribution in [0.2, 0.25) is 0 Å². The Morgan fingerprint density at radius 2 is 1.84 bits per heavy atom. The summed E-state index contributed by atoms with van der Waals surface area (Å²) in [5, 5.41) is 2.69. The third-order valence-corrected chi connectivity index (χ3v) is 4.68. The highest BCUT2D eigenvalue weighted by Gasteiger charge is 2.11. The van der Waals surface area contributed by atoms with Crippen molar-refractivity contribution in [2.75, 3.05) is 5.32 Å². The van der Waals surface area contributed by atoms with Crippen molar-refractivity contribution < 1.29 is 13.9 Å². The number of ether oxygens (including phenoxy) is 1. The van der Waals surface area contributed by atoms with Gasteiger partial charge in [-0.3, -0.25) is 4.79 Å². The van der Waals surface area contributed by atoms with E-state index in [2.05, 4.69) is 20.3 Å². The van der Waals surface area contributed by atoms with Gasteiger partial charge in [-0.25, -0.2) is 19.3 Å². The van der Waals surface area contributed by atoms with Gasteiger partial charge in [-0.2, -0.15) is 0 Å². The molecule has 0 unspecified atom stereocenters. The summed E-state index contributed by atoms with van der Waals surface area (Å²) in [6, 6.07) is 18.5. The number of anilines is 1. The average molecular weight is 428 g/mol. The Bertz CT molecular complexity index is 1230. The lowest BCUT2D eigenvalue weighted by Crippen LogP contribution is -2.14. The van der Waals surface area contributed by atoms with E-state index in [0.717, 1.165) is 29.1 Å². The third-order valence-electron chi connectivity index (χ3n) is 4.68. The largest absolute Gasteiger partial charge is 0.438 e. The fraction of sp³-hybridized carbons (Fsp3) is 0.120. The molecule has 0 saturated heterocycles. The number of nitrogens with zero attached hydrogens (tertiary/aromatic N) is 3. The molecule has 0 atom stereocenters. The standard InChI is InChI=1S/C25H21FN4O2/c1-2-23-27-14-12-22(30-23)21-7-4-13-28-25(21)32-20-10-8-17(9-11-20)15-24(31)29-19-6-3-5-18(26)16-19/h3-14,16H,2,15H2,1H3,(H,29,31). The quantitative estimate of drug-likeness (QED) is 0.437. The SMILES string of the molecule is CCc1nccc(-c2cccnc2Oc2ccc(CC(=O)Nc3cccc(F)c3)cc2)n1. The highest BCUT2D eigenvalue weighted by Crippen LogP contribution is 2.30. The number of aryl methyl sites for hydroxylation is 1. The number of benzene rings is 2. The third kappa shape index (κ3) is 5.31. The van der Waals surface area contributed by atoms with Crippen molar-refractivity contribution >= 4 is 11.6 Å². The van der Waals surface area contributed by atoms with Crippen LogP contribution in [0.5, 0.6) is 11.6 Å². The number of nitrogens with one attached hydrogen (secondary N) is 1. The molecule has 6 nitrogen and oxygen atoms in total. The number of hydrogen-bond acceptors (Lipinski definition) is 5. The van der Waals surface area contributed by atoms with E-state index in [-0.39, 0.29) is 12.3 Å². The maximum atomic E-state index is 13.3. The molecule has 1 N–H and O–H groups in total. The van der Waals surface area contributed by atoms with Crippen molar-refractivity contribution in [1.29, 1.82) is 0 Å². The number of rotatable bonds is 7. The molecule has 2 aromatic carbocycles. The number of halogens is 1. The minimum Gasteiger partial charge on any atom is -0.438 e. The number of aromatic nitrogens is 3. The summed E-state index contributed by atoms with van der Waals surface area (Å²) in [5.74, 6) is 1.14. The molecule has 2 aromatic heterocycles. The maximum absolute atomic E-state index is 13.3. The summed E-state index contributed by atoms with van der Waals surface area (Å²) in [6.07, 6.45) is 4.28. The van der Waals surface area contributed by atoms with Crippen molar-refractivity contribution in [3.8, 4) is 22.9 Å².